The molecular weight excluding hydrogens is 731 g/mol. The van der Waals surface area contributed by atoms with Crippen LogP contribution >= 0.6 is 0 Å². The van der Waals surface area contributed by atoms with Gasteiger partial charge in [-0.15, -0.1) is 0 Å². The molecule has 0 amide bonds. The lowest BCUT2D eigenvalue weighted by molar-refractivity contribution is 0.363. The zero-order valence-corrected chi connectivity index (χ0v) is 32.9. The van der Waals surface area contributed by atoms with Gasteiger partial charge in [-0.2, -0.15) is 0 Å². The number of benzene rings is 10. The number of hydrogen-bond donors (Lipinski definition) is 3. The van der Waals surface area contributed by atoms with E-state index in [1.807, 2.05) is 18.2 Å². The van der Waals surface area contributed by atoms with E-state index in [9.17, 15) is 0 Å². The van der Waals surface area contributed by atoms with Crippen LogP contribution in [0.4, 0.5) is 0 Å². The summed E-state index contributed by atoms with van der Waals surface area (Å²) in [7, 11) is 0. The van der Waals surface area contributed by atoms with Crippen LogP contribution in [0, 0.1) is 0 Å². The van der Waals surface area contributed by atoms with E-state index in [0.717, 1.165) is 16.8 Å². The molecule has 60 heavy (non-hydrogen) atoms. The molecule has 0 aliphatic rings. The van der Waals surface area contributed by atoms with Crippen molar-refractivity contribution in [1.82, 2.24) is 19.8 Å². The maximum Gasteiger partial charge on any atom is 0.0863 e. The van der Waals surface area contributed by atoms with Gasteiger partial charge >= 0.3 is 0 Å². The number of para-hydroxylation sites is 3. The van der Waals surface area contributed by atoms with E-state index in [1.54, 1.807) is 0 Å². The minimum Gasteiger partial charge on any atom is -0.326 e. The van der Waals surface area contributed by atoms with Crippen molar-refractivity contribution in [3.8, 4) is 5.69 Å². The van der Waals surface area contributed by atoms with Gasteiger partial charge in [-0.3, -0.25) is 10.6 Å². The largest absolute Gasteiger partial charge is 0.326 e. The molecule has 0 aliphatic heterocycles. The average molecular weight is 772 g/mol. The summed E-state index contributed by atoms with van der Waals surface area (Å²) < 4.78 is 4.96. The van der Waals surface area contributed by atoms with E-state index in [1.165, 1.54) is 86.7 Å². The predicted octanol–water partition coefficient (Wildman–Crippen LogP) is 13.0. The Kier molecular flexibility index (Phi) is 8.07. The van der Waals surface area contributed by atoms with Crippen LogP contribution in [0.15, 0.2) is 200 Å². The standard InChI is InChI=1S/C55H41N5/c56-54(36-18-3-1-4-19-36)58-55(38-32-31-35-17-7-8-20-37(35)33-38)57-34-59-46-29-15-13-27-44(46)50-48-41-24-10-12-26-43(41)53-51(49(48)40-23-9-11-25-42(40)52(50)59)45-28-14-16-30-47(45)60(53)39-21-5-2-6-22-39/h1-33,54-55,57-58H,34,56H2. The first-order valence-corrected chi connectivity index (χ1v) is 20.8. The summed E-state index contributed by atoms with van der Waals surface area (Å²) in [5.74, 6) is 0. The van der Waals surface area contributed by atoms with Crippen molar-refractivity contribution in [2.75, 3.05) is 0 Å². The maximum absolute atomic E-state index is 6.93. The Balaban J connectivity index is 1.14. The number of fused-ring (bicyclic) bond motifs is 16. The minimum absolute atomic E-state index is 0.252. The molecule has 2 unspecified atom stereocenters. The van der Waals surface area contributed by atoms with Gasteiger partial charge in [-0.1, -0.05) is 170 Å². The van der Waals surface area contributed by atoms with Crippen LogP contribution in [0.5, 0.6) is 0 Å². The van der Waals surface area contributed by atoms with Crippen molar-refractivity contribution in [3.63, 3.8) is 0 Å². The van der Waals surface area contributed by atoms with Crippen molar-refractivity contribution in [2.24, 2.45) is 5.73 Å². The van der Waals surface area contributed by atoms with Crippen LogP contribution in [0.1, 0.15) is 23.5 Å². The lowest BCUT2D eigenvalue weighted by Crippen LogP contribution is -2.40. The topological polar surface area (TPSA) is 59.9 Å². The third-order valence-electron chi connectivity index (χ3n) is 12.6. The summed E-state index contributed by atoms with van der Waals surface area (Å²) >= 11 is 0. The second-order valence-electron chi connectivity index (χ2n) is 15.9. The van der Waals surface area contributed by atoms with Crippen molar-refractivity contribution in [3.05, 3.63) is 211 Å². The number of aromatic nitrogens is 2. The molecule has 0 bridgehead atoms. The molecule has 5 nitrogen and oxygen atoms in total. The lowest BCUT2D eigenvalue weighted by Gasteiger charge is -2.26. The summed E-state index contributed by atoms with van der Waals surface area (Å²) in [6, 6.07) is 72.2. The first-order chi connectivity index (χ1) is 29.7. The van der Waals surface area contributed by atoms with Crippen LogP contribution in [0.3, 0.4) is 0 Å². The third-order valence-corrected chi connectivity index (χ3v) is 12.6. The Hall–Kier alpha value is -7.28. The number of rotatable bonds is 8. The Morgan fingerprint density at radius 3 is 1.63 bits per heavy atom. The number of nitrogens with one attached hydrogen (secondary N) is 2. The number of nitrogens with two attached hydrogens (primary N) is 1. The lowest BCUT2D eigenvalue weighted by atomic mass is 9.89. The molecule has 2 atom stereocenters. The van der Waals surface area contributed by atoms with Gasteiger partial charge < -0.3 is 14.9 Å². The van der Waals surface area contributed by atoms with Gasteiger partial charge in [-0.25, -0.2) is 0 Å². The summed E-state index contributed by atoms with van der Waals surface area (Å²) in [5, 5.41) is 22.7. The molecular formula is C55H41N5. The van der Waals surface area contributed by atoms with Crippen molar-refractivity contribution in [2.45, 2.75) is 19.0 Å². The van der Waals surface area contributed by atoms with Gasteiger partial charge in [0.15, 0.2) is 0 Å². The Morgan fingerprint density at radius 1 is 0.417 bits per heavy atom. The van der Waals surface area contributed by atoms with E-state index in [4.69, 9.17) is 5.73 Å². The van der Waals surface area contributed by atoms with E-state index in [2.05, 4.69) is 202 Å². The van der Waals surface area contributed by atoms with Crippen LogP contribution in [0.25, 0.3) is 92.4 Å². The smallest absolute Gasteiger partial charge is 0.0863 e. The Bertz CT molecular complexity index is 3600. The van der Waals surface area contributed by atoms with Gasteiger partial charge in [-0.05, 0) is 63.0 Å². The molecule has 5 heteroatoms. The van der Waals surface area contributed by atoms with E-state index >= 15 is 0 Å². The highest BCUT2D eigenvalue weighted by Gasteiger charge is 2.26. The molecule has 0 fully saturated rings. The van der Waals surface area contributed by atoms with E-state index in [0.29, 0.717) is 6.67 Å². The highest BCUT2D eigenvalue weighted by Crippen LogP contribution is 2.49. The van der Waals surface area contributed by atoms with Crippen LogP contribution in [0.2, 0.25) is 0 Å². The Morgan fingerprint density at radius 2 is 0.933 bits per heavy atom. The van der Waals surface area contributed by atoms with Gasteiger partial charge in [0, 0.05) is 48.8 Å². The number of nitrogens with zero attached hydrogens (tertiary/aromatic N) is 2. The third kappa shape index (κ3) is 5.31. The Labute approximate surface area is 346 Å². The molecule has 4 N–H and O–H groups in total. The van der Waals surface area contributed by atoms with Gasteiger partial charge in [0.2, 0.25) is 0 Å². The summed E-state index contributed by atoms with van der Waals surface area (Å²) in [4.78, 5) is 0. The zero-order valence-electron chi connectivity index (χ0n) is 32.9. The molecule has 0 saturated carbocycles. The molecule has 2 aromatic heterocycles. The monoisotopic (exact) mass is 771 g/mol. The van der Waals surface area contributed by atoms with Crippen LogP contribution in [-0.2, 0) is 6.67 Å². The van der Waals surface area contributed by atoms with E-state index < -0.39 is 0 Å². The van der Waals surface area contributed by atoms with Crippen molar-refractivity contribution >= 4 is 86.7 Å². The normalized spacial score (nSPS) is 13.2. The van der Waals surface area contributed by atoms with Gasteiger partial charge in [0.1, 0.15) is 0 Å². The highest BCUT2D eigenvalue weighted by atomic mass is 15.2. The predicted molar refractivity (Wildman–Crippen MR) is 253 cm³/mol. The average Bonchev–Trinajstić information content (AvgIpc) is 3.84. The summed E-state index contributed by atoms with van der Waals surface area (Å²) in [5.41, 5.74) is 15.1. The second kappa shape index (κ2) is 13.9. The molecule has 10 aromatic carbocycles. The minimum atomic E-state index is -0.384. The highest BCUT2D eigenvalue weighted by molar-refractivity contribution is 6.45. The summed E-state index contributed by atoms with van der Waals surface area (Å²) in [6.45, 7) is 0.541. The maximum atomic E-state index is 6.93. The SMILES string of the molecule is NC(NC(NCn1c2ccccc2c2c3c4ccccc4c4c(c5ccccc5n4-c4ccccc4)c3c3ccccc3c21)c1ccc2ccccc2c1)c1ccccc1. The van der Waals surface area contributed by atoms with Crippen molar-refractivity contribution in [1.29, 1.82) is 0 Å². The molecule has 12 aromatic rings. The number of hydrogen-bond acceptors (Lipinski definition) is 3. The fourth-order valence-corrected chi connectivity index (χ4v) is 9.98. The van der Waals surface area contributed by atoms with Crippen LogP contribution < -0.4 is 16.4 Å². The molecule has 12 rings (SSSR count). The second-order valence-corrected chi connectivity index (χ2v) is 15.9. The molecule has 286 valence electrons. The fourth-order valence-electron chi connectivity index (χ4n) is 9.98. The van der Waals surface area contributed by atoms with Crippen LogP contribution in [-0.4, -0.2) is 9.13 Å². The molecule has 0 aliphatic carbocycles. The molecule has 0 saturated heterocycles. The summed E-state index contributed by atoms with van der Waals surface area (Å²) in [6.07, 6.45) is -0.637. The fraction of sp³-hybridized carbons (Fsp3) is 0.0545. The quantitative estimate of drug-likeness (QED) is 0.106. The van der Waals surface area contributed by atoms with E-state index in [-0.39, 0.29) is 12.3 Å². The first-order valence-electron chi connectivity index (χ1n) is 20.8. The van der Waals surface area contributed by atoms with Gasteiger partial charge in [0.25, 0.3) is 0 Å². The van der Waals surface area contributed by atoms with Gasteiger partial charge in [0.05, 0.1) is 41.1 Å². The molecule has 2 heterocycles. The zero-order chi connectivity index (χ0) is 39.7. The van der Waals surface area contributed by atoms with Crippen molar-refractivity contribution < 1.29 is 0 Å². The molecule has 0 spiro atoms. The molecule has 0 radical (unpaired) electrons. The first kappa shape index (κ1) is 34.7.